The smallest absolute Gasteiger partial charge is 0.326 e. The van der Waals surface area contributed by atoms with Gasteiger partial charge >= 0.3 is 5.97 Å². The molecule has 0 bridgehead atoms. The maximum absolute atomic E-state index is 14.1. The Morgan fingerprint density at radius 1 is 0.620 bits per heavy atom. The highest BCUT2D eigenvalue weighted by molar-refractivity contribution is 5.98. The molecule has 0 saturated heterocycles. The molecule has 396 valence electrons. The van der Waals surface area contributed by atoms with Gasteiger partial charge in [0.1, 0.15) is 48.3 Å². The normalized spacial score (nSPS) is 15.0. The third-order valence-corrected chi connectivity index (χ3v) is 11.2. The minimum absolute atomic E-state index is 0.0182. The minimum atomic E-state index is -1.66. The van der Waals surface area contributed by atoms with Gasteiger partial charge in [0.05, 0.1) is 12.6 Å². The number of carboxylic acids is 1. The molecule has 25 heteroatoms. The molecule has 0 aliphatic carbocycles. The summed E-state index contributed by atoms with van der Waals surface area (Å²) in [7, 11) is 0. The lowest BCUT2D eigenvalue weighted by Gasteiger charge is -2.28. The van der Waals surface area contributed by atoms with E-state index in [4.69, 9.17) is 22.9 Å². The fraction of sp³-hybridized carbons (Fsp3) is 0.609. The number of unbranched alkanes of at least 4 members (excludes halogenated alkanes) is 1. The number of H-pyrrole nitrogens is 1. The number of nitrogens with zero attached hydrogens (tertiary/aromatic N) is 1. The molecule has 0 fully saturated rings. The first kappa shape index (κ1) is 60.3. The number of nitrogens with two attached hydrogens (primary N) is 4. The van der Waals surface area contributed by atoms with Crippen LogP contribution in [0.25, 0.3) is 10.9 Å². The number of carbonyl (C=O) groups excluding carboxylic acids is 8. The van der Waals surface area contributed by atoms with Crippen LogP contribution in [-0.4, -0.2) is 148 Å². The van der Waals surface area contributed by atoms with Crippen LogP contribution < -0.4 is 65.5 Å². The summed E-state index contributed by atoms with van der Waals surface area (Å²) in [5.41, 5.74) is 23.3. The minimum Gasteiger partial charge on any atom is -0.480 e. The van der Waals surface area contributed by atoms with Crippen molar-refractivity contribution in [3.63, 3.8) is 0 Å². The molecule has 25 nitrogen and oxygen atoms in total. The van der Waals surface area contributed by atoms with Gasteiger partial charge in [-0.15, -0.1) is 0 Å². The number of carbonyl (C=O) groups is 9. The first-order valence-electron chi connectivity index (χ1n) is 23.7. The molecule has 2 rings (SSSR count). The molecule has 8 amide bonds. The summed E-state index contributed by atoms with van der Waals surface area (Å²) in [6.07, 6.45) is 3.05. The van der Waals surface area contributed by atoms with E-state index < -0.39 is 120 Å². The summed E-state index contributed by atoms with van der Waals surface area (Å²) >= 11 is 0. The molecule has 1 aromatic heterocycles. The maximum Gasteiger partial charge on any atom is 0.326 e. The first-order valence-corrected chi connectivity index (χ1v) is 23.7. The van der Waals surface area contributed by atoms with E-state index in [0.29, 0.717) is 24.9 Å². The average molecular weight is 1000 g/mol. The van der Waals surface area contributed by atoms with Crippen LogP contribution in [0.3, 0.4) is 0 Å². The summed E-state index contributed by atoms with van der Waals surface area (Å²) in [6.45, 7) is 10.5. The van der Waals surface area contributed by atoms with Crippen LogP contribution >= 0.6 is 0 Å². The Morgan fingerprint density at radius 3 is 1.70 bits per heavy atom. The fourth-order valence-electron chi connectivity index (χ4n) is 7.13. The van der Waals surface area contributed by atoms with E-state index in [1.165, 1.54) is 20.8 Å². The molecule has 1 aromatic carbocycles. The van der Waals surface area contributed by atoms with Crippen LogP contribution in [0, 0.1) is 11.8 Å². The van der Waals surface area contributed by atoms with E-state index in [2.05, 4.69) is 52.5 Å². The third-order valence-electron chi connectivity index (χ3n) is 11.2. The van der Waals surface area contributed by atoms with E-state index in [-0.39, 0.29) is 50.5 Å². The van der Waals surface area contributed by atoms with Crippen molar-refractivity contribution in [2.75, 3.05) is 19.7 Å². The topological polar surface area (TPSA) is 423 Å². The zero-order valence-corrected chi connectivity index (χ0v) is 41.6. The summed E-state index contributed by atoms with van der Waals surface area (Å²) < 4.78 is 0. The summed E-state index contributed by atoms with van der Waals surface area (Å²) in [6, 6.07) is -4.17. The molecule has 71 heavy (non-hydrogen) atoms. The second kappa shape index (κ2) is 30.0. The number of fused-ring (bicyclic) bond motifs is 1. The fourth-order valence-corrected chi connectivity index (χ4v) is 7.13. The Labute approximate surface area is 413 Å². The van der Waals surface area contributed by atoms with Crippen LogP contribution in [0.2, 0.25) is 0 Å². The largest absolute Gasteiger partial charge is 0.480 e. The van der Waals surface area contributed by atoms with Gasteiger partial charge < -0.3 is 80.7 Å². The van der Waals surface area contributed by atoms with Crippen molar-refractivity contribution >= 4 is 70.1 Å². The Kier molecular flexibility index (Phi) is 25.5. The molecule has 0 saturated carbocycles. The monoisotopic (exact) mass is 1000 g/mol. The molecule has 1 heterocycles. The number of aromatic amines is 1. The molecule has 0 unspecified atom stereocenters. The Balaban J connectivity index is 2.29. The number of nitrogens with one attached hydrogen (secondary N) is 9. The Bertz CT molecular complexity index is 2160. The number of aliphatic imine (C=N–C) groups is 1. The zero-order chi connectivity index (χ0) is 53.5. The molecule has 9 atom stereocenters. The molecule has 0 aliphatic rings. The number of hydrogen-bond donors (Lipinski definition) is 15. The number of aliphatic hydroxyl groups excluding tert-OH is 1. The number of benzene rings is 1. The number of aliphatic hydroxyl groups is 1. The summed E-state index contributed by atoms with van der Waals surface area (Å²) in [5, 5.41) is 41.0. The first-order chi connectivity index (χ1) is 33.4. The lowest BCUT2D eigenvalue weighted by atomic mass is 10.0. The van der Waals surface area contributed by atoms with Crippen molar-refractivity contribution in [1.82, 2.24) is 47.5 Å². The SMILES string of the molecule is CC(C)C[C@H](NC(=O)[C@H](C)N)C(=O)N[C@@H](CCCCN)C(=O)N[C@@H](C)C(=O)N[C@@H](Cc1c[nH]c2ccccc12)C(=O)N[C@@H](CO)C(=O)N[C@H](C(=O)N[C@@H](C)C(=O)N[C@@H](CCCN=C(N)N)C(=O)O)C(C)C. The lowest BCUT2D eigenvalue weighted by molar-refractivity contribution is -0.142. The van der Waals surface area contributed by atoms with Crippen molar-refractivity contribution in [3.05, 3.63) is 36.0 Å². The quantitative estimate of drug-likeness (QED) is 0.0203. The zero-order valence-electron chi connectivity index (χ0n) is 41.6. The van der Waals surface area contributed by atoms with Crippen LogP contribution in [0.1, 0.15) is 92.6 Å². The Hall–Kier alpha value is -6.86. The van der Waals surface area contributed by atoms with E-state index in [1.54, 1.807) is 44.3 Å². The molecule has 19 N–H and O–H groups in total. The van der Waals surface area contributed by atoms with Gasteiger partial charge in [0.25, 0.3) is 0 Å². The van der Waals surface area contributed by atoms with Crippen LogP contribution in [0.4, 0.5) is 0 Å². The molecular formula is C46H76N14O11. The van der Waals surface area contributed by atoms with Gasteiger partial charge in [-0.25, -0.2) is 4.79 Å². The van der Waals surface area contributed by atoms with Gasteiger partial charge in [0.2, 0.25) is 47.3 Å². The van der Waals surface area contributed by atoms with Crippen molar-refractivity contribution in [3.8, 4) is 0 Å². The number of para-hydroxylation sites is 1. The molecule has 0 spiro atoms. The van der Waals surface area contributed by atoms with Gasteiger partial charge in [0.15, 0.2) is 5.96 Å². The van der Waals surface area contributed by atoms with Crippen LogP contribution in [-0.2, 0) is 49.6 Å². The van der Waals surface area contributed by atoms with Crippen molar-refractivity contribution < 1.29 is 53.4 Å². The summed E-state index contributed by atoms with van der Waals surface area (Å²) in [4.78, 5) is 127. The highest BCUT2D eigenvalue weighted by atomic mass is 16.4. The highest BCUT2D eigenvalue weighted by Gasteiger charge is 2.34. The number of carboxylic acid groups (broad SMARTS) is 1. The van der Waals surface area contributed by atoms with Crippen molar-refractivity contribution in [2.24, 2.45) is 39.8 Å². The molecular weight excluding hydrogens is 925 g/mol. The van der Waals surface area contributed by atoms with Gasteiger partial charge in [0, 0.05) is 30.1 Å². The molecule has 0 radical (unpaired) electrons. The number of amides is 8. The lowest BCUT2D eigenvalue weighted by Crippen LogP contribution is -2.61. The van der Waals surface area contributed by atoms with E-state index >= 15 is 0 Å². The predicted molar refractivity (Wildman–Crippen MR) is 264 cm³/mol. The number of guanidine groups is 1. The van der Waals surface area contributed by atoms with E-state index in [9.17, 15) is 53.4 Å². The average Bonchev–Trinajstić information content (AvgIpc) is 3.71. The highest BCUT2D eigenvalue weighted by Crippen LogP contribution is 2.19. The Morgan fingerprint density at radius 2 is 1.14 bits per heavy atom. The van der Waals surface area contributed by atoms with Crippen LogP contribution in [0.5, 0.6) is 0 Å². The van der Waals surface area contributed by atoms with Gasteiger partial charge in [-0.2, -0.15) is 0 Å². The van der Waals surface area contributed by atoms with Gasteiger partial charge in [-0.3, -0.25) is 43.3 Å². The van der Waals surface area contributed by atoms with Crippen molar-refractivity contribution in [2.45, 2.75) is 148 Å². The van der Waals surface area contributed by atoms with Crippen LogP contribution in [0.15, 0.2) is 35.5 Å². The predicted octanol–water partition coefficient (Wildman–Crippen LogP) is -3.06. The summed E-state index contributed by atoms with van der Waals surface area (Å²) in [5.74, 6) is -8.44. The van der Waals surface area contributed by atoms with E-state index in [0.717, 1.165) is 10.9 Å². The standard InChI is InChI=1S/C46H76N14O11/c1-23(2)19-33(57-37(62)25(5)48)41(66)55-31(15-10-11-17-47)40(65)53-26(6)39(64)58-34(20-28-21-52-30-14-9-8-13-29(28)30)42(67)59-35(22-61)43(68)60-36(24(3)4)44(69)54-27(7)38(63)56-32(45(70)71)16-12-18-51-46(49)50/h8-9,13-14,21,23-27,31-36,52,61H,10-12,15-20,22,47-48H2,1-7H3,(H,53,65)(H,54,69)(H,55,66)(H,56,63)(H,57,62)(H,58,64)(H,59,67)(H,60,68)(H,70,71)(H4,49,50,51)/t25-,26-,27-,31-,32-,33-,34-,35-,36-/m0/s1. The van der Waals surface area contributed by atoms with Gasteiger partial charge in [-0.1, -0.05) is 45.9 Å². The number of aromatic nitrogens is 1. The second-order valence-corrected chi connectivity index (χ2v) is 18.2. The van der Waals surface area contributed by atoms with Crippen molar-refractivity contribution in [1.29, 1.82) is 0 Å². The molecule has 0 aliphatic heterocycles. The third kappa shape index (κ3) is 20.6. The number of hydrogen-bond acceptors (Lipinski definition) is 13. The second-order valence-electron chi connectivity index (χ2n) is 18.2. The molecule has 2 aromatic rings. The van der Waals surface area contributed by atoms with Gasteiger partial charge in [-0.05, 0) is 89.3 Å². The number of aliphatic carboxylic acids is 1. The number of rotatable bonds is 31. The maximum atomic E-state index is 14.1. The van der Waals surface area contributed by atoms with E-state index in [1.807, 2.05) is 13.8 Å².